The van der Waals surface area contributed by atoms with Gasteiger partial charge < -0.3 is 10.6 Å². The van der Waals surface area contributed by atoms with Crippen LogP contribution in [0.2, 0.25) is 0 Å². The summed E-state index contributed by atoms with van der Waals surface area (Å²) in [6.07, 6.45) is 0.953. The summed E-state index contributed by atoms with van der Waals surface area (Å²) in [5.74, 6) is 0.130. The van der Waals surface area contributed by atoms with Crippen LogP contribution in [0.25, 0.3) is 0 Å². The molecule has 1 heterocycles. The molecule has 0 saturated carbocycles. The van der Waals surface area contributed by atoms with Gasteiger partial charge in [0, 0.05) is 13.1 Å². The highest BCUT2D eigenvalue weighted by atomic mass is 16.2. The Balaban J connectivity index is 2.16. The molecule has 1 saturated heterocycles. The topological polar surface area (TPSA) is 41.1 Å². The quantitative estimate of drug-likeness (QED) is 0.885. The average Bonchev–Trinajstić information content (AvgIpc) is 2.39. The van der Waals surface area contributed by atoms with E-state index in [1.165, 1.54) is 5.56 Å². The summed E-state index contributed by atoms with van der Waals surface area (Å²) in [7, 11) is 0. The molecule has 20 heavy (non-hydrogen) atoms. The van der Waals surface area contributed by atoms with Gasteiger partial charge in [0.05, 0.1) is 6.04 Å². The maximum atomic E-state index is 12.1. The van der Waals surface area contributed by atoms with E-state index in [-0.39, 0.29) is 22.8 Å². The van der Waals surface area contributed by atoms with Gasteiger partial charge in [0.2, 0.25) is 5.91 Å². The summed E-state index contributed by atoms with van der Waals surface area (Å²) in [5, 5.41) is 6.33. The molecule has 0 aliphatic carbocycles. The maximum absolute atomic E-state index is 12.1. The Bertz CT molecular complexity index is 465. The van der Waals surface area contributed by atoms with E-state index in [9.17, 15) is 4.79 Å². The summed E-state index contributed by atoms with van der Waals surface area (Å²) in [6.45, 7) is 10.5. The van der Waals surface area contributed by atoms with Crippen LogP contribution in [-0.2, 0) is 10.2 Å². The number of benzene rings is 1. The Kier molecular flexibility index (Phi) is 4.19. The monoisotopic (exact) mass is 274 g/mol. The van der Waals surface area contributed by atoms with Crippen LogP contribution in [0.5, 0.6) is 0 Å². The predicted octanol–water partition coefficient (Wildman–Crippen LogP) is 2.47. The molecule has 1 amide bonds. The molecule has 1 atom stereocenters. The molecule has 110 valence electrons. The fourth-order valence-electron chi connectivity index (χ4n) is 3.46. The van der Waals surface area contributed by atoms with Crippen molar-refractivity contribution in [2.75, 3.05) is 13.1 Å². The minimum Gasteiger partial charge on any atom is -0.353 e. The standard InChI is InChI=1S/C17H26N2O/c1-16(2,13-8-6-5-7-9-13)12-17(3,4)14-15(20)19-11-10-18-14/h5-9,14,18H,10-12H2,1-4H3,(H,19,20). The van der Waals surface area contributed by atoms with Gasteiger partial charge in [0.25, 0.3) is 0 Å². The Morgan fingerprint density at radius 3 is 2.35 bits per heavy atom. The first-order valence-corrected chi connectivity index (χ1v) is 7.40. The molecule has 1 unspecified atom stereocenters. The molecule has 0 bridgehead atoms. The van der Waals surface area contributed by atoms with Crippen molar-refractivity contribution in [3.8, 4) is 0 Å². The van der Waals surface area contributed by atoms with Gasteiger partial charge >= 0.3 is 0 Å². The van der Waals surface area contributed by atoms with Crippen LogP contribution >= 0.6 is 0 Å². The summed E-state index contributed by atoms with van der Waals surface area (Å²) in [5.41, 5.74) is 1.28. The second kappa shape index (κ2) is 5.57. The first-order chi connectivity index (χ1) is 9.33. The van der Waals surface area contributed by atoms with Gasteiger partial charge in [-0.1, -0.05) is 58.0 Å². The molecule has 1 aromatic carbocycles. The third-order valence-corrected chi connectivity index (χ3v) is 4.27. The van der Waals surface area contributed by atoms with Gasteiger partial charge in [0.1, 0.15) is 0 Å². The van der Waals surface area contributed by atoms with Gasteiger partial charge in [-0.2, -0.15) is 0 Å². The molecule has 0 spiro atoms. The van der Waals surface area contributed by atoms with Gasteiger partial charge in [-0.25, -0.2) is 0 Å². The lowest BCUT2D eigenvalue weighted by Gasteiger charge is -2.41. The van der Waals surface area contributed by atoms with E-state index in [4.69, 9.17) is 0 Å². The van der Waals surface area contributed by atoms with Crippen molar-refractivity contribution in [3.05, 3.63) is 35.9 Å². The van der Waals surface area contributed by atoms with E-state index in [0.29, 0.717) is 0 Å². The number of rotatable bonds is 4. The van der Waals surface area contributed by atoms with E-state index in [2.05, 4.69) is 62.6 Å². The number of nitrogens with one attached hydrogen (secondary N) is 2. The van der Waals surface area contributed by atoms with Crippen LogP contribution in [0.4, 0.5) is 0 Å². The Hall–Kier alpha value is -1.35. The summed E-state index contributed by atoms with van der Waals surface area (Å²) in [6, 6.07) is 10.4. The number of hydrogen-bond donors (Lipinski definition) is 2. The molecule has 1 aliphatic rings. The summed E-state index contributed by atoms with van der Waals surface area (Å²) < 4.78 is 0. The van der Waals surface area contributed by atoms with Crippen molar-refractivity contribution in [3.63, 3.8) is 0 Å². The second-order valence-electron chi connectivity index (χ2n) is 7.09. The van der Waals surface area contributed by atoms with Crippen molar-refractivity contribution >= 4 is 5.91 Å². The zero-order chi connectivity index (χ0) is 14.8. The molecule has 3 nitrogen and oxygen atoms in total. The lowest BCUT2D eigenvalue weighted by Crippen LogP contribution is -2.59. The second-order valence-corrected chi connectivity index (χ2v) is 7.09. The van der Waals surface area contributed by atoms with Crippen LogP contribution in [0, 0.1) is 5.41 Å². The predicted molar refractivity (Wildman–Crippen MR) is 82.7 cm³/mol. The highest BCUT2D eigenvalue weighted by molar-refractivity contribution is 5.83. The van der Waals surface area contributed by atoms with E-state index in [1.54, 1.807) is 0 Å². The molecule has 1 aromatic rings. The summed E-state index contributed by atoms with van der Waals surface area (Å²) in [4.78, 5) is 12.1. The molecule has 3 heteroatoms. The first-order valence-electron chi connectivity index (χ1n) is 7.40. The third kappa shape index (κ3) is 3.21. The van der Waals surface area contributed by atoms with Crippen molar-refractivity contribution in [2.45, 2.75) is 45.6 Å². The molecule has 2 rings (SSSR count). The number of carbonyl (C=O) groups is 1. The van der Waals surface area contributed by atoms with Gasteiger partial charge in [0.15, 0.2) is 0 Å². The average molecular weight is 274 g/mol. The van der Waals surface area contributed by atoms with E-state index < -0.39 is 0 Å². The van der Waals surface area contributed by atoms with Gasteiger partial charge in [-0.3, -0.25) is 4.79 Å². The van der Waals surface area contributed by atoms with Crippen LogP contribution in [0.3, 0.4) is 0 Å². The lowest BCUT2D eigenvalue weighted by atomic mass is 9.68. The van der Waals surface area contributed by atoms with Crippen molar-refractivity contribution in [2.24, 2.45) is 5.41 Å². The lowest BCUT2D eigenvalue weighted by molar-refractivity contribution is -0.127. The van der Waals surface area contributed by atoms with Crippen LogP contribution in [-0.4, -0.2) is 25.0 Å². The molecular weight excluding hydrogens is 248 g/mol. The Labute approximate surface area is 122 Å². The number of piperazine rings is 1. The number of carbonyl (C=O) groups excluding carboxylic acids is 1. The normalized spacial score (nSPS) is 20.6. The van der Waals surface area contributed by atoms with E-state index in [0.717, 1.165) is 19.5 Å². The fraction of sp³-hybridized carbons (Fsp3) is 0.588. The minimum absolute atomic E-state index is 0.0458. The fourth-order valence-corrected chi connectivity index (χ4v) is 3.46. The molecule has 2 N–H and O–H groups in total. The maximum Gasteiger partial charge on any atom is 0.237 e. The van der Waals surface area contributed by atoms with Crippen LogP contribution < -0.4 is 10.6 Å². The zero-order valence-corrected chi connectivity index (χ0v) is 13.0. The largest absolute Gasteiger partial charge is 0.353 e. The minimum atomic E-state index is -0.112. The number of hydrogen-bond acceptors (Lipinski definition) is 2. The van der Waals surface area contributed by atoms with Crippen molar-refractivity contribution < 1.29 is 4.79 Å². The van der Waals surface area contributed by atoms with E-state index >= 15 is 0 Å². The van der Waals surface area contributed by atoms with Gasteiger partial charge in [-0.15, -0.1) is 0 Å². The number of amides is 1. The van der Waals surface area contributed by atoms with Crippen LogP contribution in [0.15, 0.2) is 30.3 Å². The molecule has 0 radical (unpaired) electrons. The molecular formula is C17H26N2O. The van der Waals surface area contributed by atoms with Crippen molar-refractivity contribution in [1.82, 2.24) is 10.6 Å². The molecule has 0 aromatic heterocycles. The first kappa shape index (κ1) is 15.0. The summed E-state index contributed by atoms with van der Waals surface area (Å²) >= 11 is 0. The molecule has 1 aliphatic heterocycles. The van der Waals surface area contributed by atoms with Crippen molar-refractivity contribution in [1.29, 1.82) is 0 Å². The Morgan fingerprint density at radius 2 is 1.75 bits per heavy atom. The zero-order valence-electron chi connectivity index (χ0n) is 13.0. The van der Waals surface area contributed by atoms with Gasteiger partial charge in [-0.05, 0) is 22.8 Å². The Morgan fingerprint density at radius 1 is 1.10 bits per heavy atom. The molecule has 1 fully saturated rings. The smallest absolute Gasteiger partial charge is 0.237 e. The SMILES string of the molecule is CC(C)(CC(C)(C)C1NCCNC1=O)c1ccccc1. The highest BCUT2D eigenvalue weighted by Gasteiger charge is 2.40. The highest BCUT2D eigenvalue weighted by Crippen LogP contribution is 2.38. The van der Waals surface area contributed by atoms with Crippen LogP contribution in [0.1, 0.15) is 39.7 Å². The third-order valence-electron chi connectivity index (χ3n) is 4.27. The van der Waals surface area contributed by atoms with E-state index in [1.807, 2.05) is 6.07 Å².